The average Bonchev–Trinajstić information content (AvgIpc) is 2.96. The molecule has 0 aliphatic carbocycles. The minimum Gasteiger partial charge on any atom is -0.493 e. The number of carbonyl (C=O) groups excluding carboxylic acids is 1. The zero-order valence-corrected chi connectivity index (χ0v) is 13.4. The van der Waals surface area contributed by atoms with Gasteiger partial charge in [0.25, 0.3) is 0 Å². The van der Waals surface area contributed by atoms with E-state index in [2.05, 4.69) is 20.2 Å². The molecule has 0 radical (unpaired) electrons. The second-order valence-electron chi connectivity index (χ2n) is 5.71. The van der Waals surface area contributed by atoms with E-state index < -0.39 is 5.91 Å². The fraction of sp³-hybridized carbons (Fsp3) is 0.0526. The normalized spacial score (nSPS) is 11.6. The van der Waals surface area contributed by atoms with Crippen LogP contribution in [-0.2, 0) is 0 Å². The summed E-state index contributed by atoms with van der Waals surface area (Å²) in [5, 5.41) is 19.4. The van der Waals surface area contributed by atoms with Gasteiger partial charge >= 0.3 is 5.91 Å². The first-order valence-electron chi connectivity index (χ1n) is 7.75. The Bertz CT molecular complexity index is 1140. The number of hydrogen-bond donors (Lipinski definition) is 2. The van der Waals surface area contributed by atoms with E-state index in [4.69, 9.17) is 0 Å². The lowest BCUT2D eigenvalue weighted by Crippen LogP contribution is -1.97. The molecule has 0 bridgehead atoms. The van der Waals surface area contributed by atoms with Gasteiger partial charge in [0.05, 0.1) is 11.0 Å². The Hall–Kier alpha value is -3.54. The quantitative estimate of drug-likeness (QED) is 0.524. The van der Waals surface area contributed by atoms with Crippen LogP contribution in [0.2, 0.25) is 0 Å². The lowest BCUT2D eigenvalue weighted by molar-refractivity contribution is 0.0990. The molecule has 4 rings (SSSR count). The summed E-state index contributed by atoms with van der Waals surface area (Å²) >= 11 is 0. The second kappa shape index (κ2) is 5.83. The molecule has 1 amide bonds. The second-order valence-corrected chi connectivity index (χ2v) is 5.71. The average molecular weight is 330 g/mol. The molecule has 0 fully saturated rings. The maximum atomic E-state index is 12.3. The van der Waals surface area contributed by atoms with Crippen LogP contribution in [0, 0.1) is 6.92 Å². The zero-order chi connectivity index (χ0) is 17.4. The molecule has 0 spiro atoms. The van der Waals surface area contributed by atoms with Crippen LogP contribution in [0.4, 0.5) is 5.69 Å². The number of aryl methyl sites for hydroxylation is 1. The summed E-state index contributed by atoms with van der Waals surface area (Å²) in [5.74, 6) is -0.681. The highest BCUT2D eigenvalue weighted by atomic mass is 16.3. The van der Waals surface area contributed by atoms with Crippen molar-refractivity contribution in [3.05, 3.63) is 65.9 Å². The number of azo groups is 1. The monoisotopic (exact) mass is 330 g/mol. The minimum absolute atomic E-state index is 0.118. The van der Waals surface area contributed by atoms with Gasteiger partial charge in [-0.05, 0) is 24.6 Å². The molecule has 0 saturated heterocycles. The van der Waals surface area contributed by atoms with E-state index in [9.17, 15) is 9.90 Å². The zero-order valence-electron chi connectivity index (χ0n) is 13.4. The Balaban J connectivity index is 1.70. The fourth-order valence-electron chi connectivity index (χ4n) is 2.77. The van der Waals surface area contributed by atoms with Crippen molar-refractivity contribution in [3.8, 4) is 5.88 Å². The summed E-state index contributed by atoms with van der Waals surface area (Å²) in [6.07, 6.45) is 0. The van der Waals surface area contributed by atoms with E-state index in [1.807, 2.05) is 55.5 Å². The summed E-state index contributed by atoms with van der Waals surface area (Å²) in [6, 6.07) is 16.5. The molecule has 0 atom stereocenters. The summed E-state index contributed by atoms with van der Waals surface area (Å²) in [4.78, 5) is 19.4. The van der Waals surface area contributed by atoms with Crippen LogP contribution >= 0.6 is 0 Å². The summed E-state index contributed by atoms with van der Waals surface area (Å²) in [7, 11) is 0. The van der Waals surface area contributed by atoms with Gasteiger partial charge < -0.3 is 10.1 Å². The largest absolute Gasteiger partial charge is 0.493 e. The predicted octanol–water partition coefficient (Wildman–Crippen LogP) is 4.65. The smallest absolute Gasteiger partial charge is 0.313 e. The van der Waals surface area contributed by atoms with Gasteiger partial charge in [-0.15, -0.1) is 10.2 Å². The molecule has 2 aromatic heterocycles. The van der Waals surface area contributed by atoms with Gasteiger partial charge in [0.2, 0.25) is 5.88 Å². The minimum atomic E-state index is -0.563. The molecular weight excluding hydrogens is 316 g/mol. The Morgan fingerprint density at radius 1 is 1.08 bits per heavy atom. The van der Waals surface area contributed by atoms with Crippen molar-refractivity contribution in [3.63, 3.8) is 0 Å². The molecule has 122 valence electrons. The highest BCUT2D eigenvalue weighted by Gasteiger charge is 2.13. The molecule has 6 heteroatoms. The van der Waals surface area contributed by atoms with Crippen molar-refractivity contribution in [1.29, 1.82) is 0 Å². The number of rotatable bonds is 2. The molecule has 0 saturated carbocycles. The number of fused-ring (bicyclic) bond motifs is 2. The van der Waals surface area contributed by atoms with Gasteiger partial charge in [-0.3, -0.25) is 4.79 Å². The van der Waals surface area contributed by atoms with Crippen molar-refractivity contribution < 1.29 is 9.90 Å². The van der Waals surface area contributed by atoms with E-state index in [1.54, 1.807) is 6.07 Å². The van der Waals surface area contributed by atoms with Gasteiger partial charge in [0.1, 0.15) is 5.69 Å². The molecule has 4 aromatic rings. The number of amides is 1. The highest BCUT2D eigenvalue weighted by Crippen LogP contribution is 2.36. The van der Waals surface area contributed by atoms with Gasteiger partial charge in [0.15, 0.2) is 5.69 Å². The van der Waals surface area contributed by atoms with Crippen molar-refractivity contribution in [2.75, 3.05) is 0 Å². The summed E-state index contributed by atoms with van der Waals surface area (Å²) < 4.78 is 0. The predicted molar refractivity (Wildman–Crippen MR) is 95.3 cm³/mol. The summed E-state index contributed by atoms with van der Waals surface area (Å²) in [5.41, 5.74) is 2.90. The molecule has 6 nitrogen and oxygen atoms in total. The molecular formula is C19H14N4O2. The number of hydrogen-bond acceptors (Lipinski definition) is 4. The van der Waals surface area contributed by atoms with Gasteiger partial charge in [-0.1, -0.05) is 42.5 Å². The molecule has 0 unspecified atom stereocenters. The van der Waals surface area contributed by atoms with E-state index in [0.29, 0.717) is 10.9 Å². The Morgan fingerprint density at radius 3 is 2.80 bits per heavy atom. The fourth-order valence-corrected chi connectivity index (χ4v) is 2.77. The van der Waals surface area contributed by atoms with Gasteiger partial charge in [-0.25, -0.2) is 4.98 Å². The Morgan fingerprint density at radius 2 is 1.92 bits per heavy atom. The van der Waals surface area contributed by atoms with Crippen LogP contribution < -0.4 is 0 Å². The third-order valence-corrected chi connectivity index (χ3v) is 4.05. The van der Waals surface area contributed by atoms with Crippen molar-refractivity contribution >= 4 is 33.4 Å². The van der Waals surface area contributed by atoms with Gasteiger partial charge in [-0.2, -0.15) is 0 Å². The molecule has 2 heterocycles. The molecule has 2 N–H and O–H groups in total. The molecule has 25 heavy (non-hydrogen) atoms. The van der Waals surface area contributed by atoms with Gasteiger partial charge in [0, 0.05) is 10.8 Å². The topological polar surface area (TPSA) is 90.7 Å². The number of carbonyl (C=O) groups is 1. The number of nitrogens with one attached hydrogen (secondary N) is 1. The van der Waals surface area contributed by atoms with Crippen LogP contribution in [-0.4, -0.2) is 21.0 Å². The van der Waals surface area contributed by atoms with Crippen LogP contribution in [0.1, 0.15) is 16.1 Å². The number of nitrogens with zero attached hydrogens (tertiary/aromatic N) is 3. The van der Waals surface area contributed by atoms with E-state index in [1.165, 1.54) is 0 Å². The number of para-hydroxylation sites is 2. The van der Waals surface area contributed by atoms with E-state index in [0.717, 1.165) is 16.5 Å². The first kappa shape index (κ1) is 15.0. The standard InChI is InChI=1S/C19H14N4O2/c1-11-5-4-7-13-16(11)21-19(25)17(13)22-23-18(24)15-10-9-12-6-2-3-8-14(12)20-15/h2-10,21,25H,1H3. The first-order valence-corrected chi connectivity index (χ1v) is 7.75. The first-order chi connectivity index (χ1) is 12.1. The van der Waals surface area contributed by atoms with Crippen molar-refractivity contribution in [2.24, 2.45) is 10.2 Å². The van der Waals surface area contributed by atoms with Crippen molar-refractivity contribution in [2.45, 2.75) is 6.92 Å². The number of pyridine rings is 1. The highest BCUT2D eigenvalue weighted by molar-refractivity contribution is 5.98. The van der Waals surface area contributed by atoms with E-state index >= 15 is 0 Å². The number of aromatic hydroxyl groups is 1. The molecule has 0 aliphatic rings. The molecule has 0 aliphatic heterocycles. The van der Waals surface area contributed by atoms with E-state index in [-0.39, 0.29) is 17.3 Å². The molecule has 2 aromatic carbocycles. The Kier molecular flexibility index (Phi) is 3.50. The van der Waals surface area contributed by atoms with Crippen LogP contribution in [0.3, 0.4) is 0 Å². The summed E-state index contributed by atoms with van der Waals surface area (Å²) in [6.45, 7) is 1.92. The SMILES string of the molecule is Cc1cccc2c(N=NC(=O)c3ccc4ccccc4n3)c(O)[nH]c12. The maximum Gasteiger partial charge on any atom is 0.313 e. The number of H-pyrrole nitrogens is 1. The van der Waals surface area contributed by atoms with Crippen LogP contribution in [0.5, 0.6) is 5.88 Å². The Labute approximate surface area is 142 Å². The number of aromatic amines is 1. The lowest BCUT2D eigenvalue weighted by atomic mass is 10.1. The third-order valence-electron chi connectivity index (χ3n) is 4.05. The van der Waals surface area contributed by atoms with Crippen molar-refractivity contribution in [1.82, 2.24) is 9.97 Å². The number of aromatic nitrogens is 2. The number of benzene rings is 2. The lowest BCUT2D eigenvalue weighted by Gasteiger charge is -1.98. The third kappa shape index (κ3) is 2.63. The van der Waals surface area contributed by atoms with Crippen LogP contribution in [0.25, 0.3) is 21.8 Å². The maximum absolute atomic E-state index is 12.3. The van der Waals surface area contributed by atoms with Crippen LogP contribution in [0.15, 0.2) is 64.8 Å².